The highest BCUT2D eigenvalue weighted by molar-refractivity contribution is 5.87. The molecule has 1 aromatic rings. The summed E-state index contributed by atoms with van der Waals surface area (Å²) in [7, 11) is 0. The molecule has 0 radical (unpaired) electrons. The summed E-state index contributed by atoms with van der Waals surface area (Å²) < 4.78 is 15.5. The lowest BCUT2D eigenvalue weighted by molar-refractivity contribution is -0.0980. The summed E-state index contributed by atoms with van der Waals surface area (Å²) >= 11 is 0. The third kappa shape index (κ3) is 4.20. The molecule has 19 heavy (non-hydrogen) atoms. The number of hydrogen-bond donors (Lipinski definition) is 0. The predicted molar refractivity (Wildman–Crippen MR) is 65.3 cm³/mol. The molecule has 7 heteroatoms. The number of rotatable bonds is 4. The average molecular weight is 268 g/mol. The van der Waals surface area contributed by atoms with Crippen molar-refractivity contribution in [1.82, 2.24) is 10.2 Å². The van der Waals surface area contributed by atoms with E-state index in [1.165, 1.54) is 6.07 Å². The Morgan fingerprint density at radius 2 is 2.11 bits per heavy atom. The average Bonchev–Trinajstić information content (AvgIpc) is 2.49. The van der Waals surface area contributed by atoms with Crippen molar-refractivity contribution >= 4 is 12.8 Å². The second-order valence-corrected chi connectivity index (χ2v) is 3.59. The van der Waals surface area contributed by atoms with E-state index in [-0.39, 0.29) is 5.69 Å². The second-order valence-electron chi connectivity index (χ2n) is 3.59. The Kier molecular flexibility index (Phi) is 6.28. The smallest absolute Gasteiger partial charge is 0.359 e. The molecule has 1 aliphatic heterocycles. The molecule has 0 fully saturated rings. The van der Waals surface area contributed by atoms with E-state index in [4.69, 9.17) is 19.0 Å². The van der Waals surface area contributed by atoms with Crippen molar-refractivity contribution in [3.8, 4) is 11.6 Å². The number of carbonyl (C=O) groups is 2. The van der Waals surface area contributed by atoms with E-state index in [1.54, 1.807) is 0 Å². The first kappa shape index (κ1) is 14.9. The number of hydrogen-bond acceptors (Lipinski definition) is 7. The van der Waals surface area contributed by atoms with Crippen molar-refractivity contribution in [1.29, 1.82) is 0 Å². The molecule has 0 aliphatic carbocycles. The molecule has 0 amide bonds. The van der Waals surface area contributed by atoms with Crippen LogP contribution in [0.15, 0.2) is 6.07 Å². The van der Waals surface area contributed by atoms with Gasteiger partial charge in [-0.2, -0.15) is 0 Å². The summed E-state index contributed by atoms with van der Waals surface area (Å²) in [6.07, 6.45) is 1.81. The lowest BCUT2D eigenvalue weighted by atomic mass is 10.3. The third-order valence-corrected chi connectivity index (χ3v) is 2.25. The van der Waals surface area contributed by atoms with Crippen molar-refractivity contribution < 1.29 is 23.8 Å². The topological polar surface area (TPSA) is 87.6 Å². The lowest BCUT2D eigenvalue weighted by Gasteiger charge is -2.16. The van der Waals surface area contributed by atoms with Crippen LogP contribution in [-0.4, -0.2) is 42.8 Å². The summed E-state index contributed by atoms with van der Waals surface area (Å²) in [5.41, 5.74) is 0.144. The van der Waals surface area contributed by atoms with Gasteiger partial charge in [0.1, 0.15) is 20.0 Å². The Balaban J connectivity index is 0.000000861. The van der Waals surface area contributed by atoms with Gasteiger partial charge in [0.2, 0.25) is 0 Å². The van der Waals surface area contributed by atoms with Gasteiger partial charge in [0.05, 0.1) is 6.61 Å². The summed E-state index contributed by atoms with van der Waals surface area (Å²) in [4.78, 5) is 19.6. The maximum absolute atomic E-state index is 11.6. The molecule has 0 bridgehead atoms. The Morgan fingerprint density at radius 3 is 2.84 bits per heavy atom. The van der Waals surface area contributed by atoms with Gasteiger partial charge < -0.3 is 19.0 Å². The molecular weight excluding hydrogens is 252 g/mol. The minimum atomic E-state index is -0.483. The van der Waals surface area contributed by atoms with Gasteiger partial charge in [-0.3, -0.25) is 0 Å². The van der Waals surface area contributed by atoms with Crippen molar-refractivity contribution in [3.63, 3.8) is 0 Å². The molecule has 1 aromatic heterocycles. The van der Waals surface area contributed by atoms with Crippen molar-refractivity contribution in [2.24, 2.45) is 0 Å². The molecule has 0 saturated heterocycles. The van der Waals surface area contributed by atoms with Crippen molar-refractivity contribution in [2.75, 3.05) is 19.8 Å². The zero-order chi connectivity index (χ0) is 14.1. The highest BCUT2D eigenvalue weighted by Gasteiger charge is 2.18. The number of carbonyl (C=O) groups excluding carboxylic acids is 2. The van der Waals surface area contributed by atoms with Crippen LogP contribution >= 0.6 is 0 Å². The van der Waals surface area contributed by atoms with E-state index in [0.717, 1.165) is 12.8 Å². The maximum Gasteiger partial charge on any atom is 0.359 e. The van der Waals surface area contributed by atoms with Gasteiger partial charge in [-0.05, 0) is 6.42 Å². The Morgan fingerprint density at radius 1 is 1.37 bits per heavy atom. The third-order valence-electron chi connectivity index (χ3n) is 2.25. The van der Waals surface area contributed by atoms with Crippen molar-refractivity contribution in [2.45, 2.75) is 19.8 Å². The number of esters is 1. The molecule has 0 unspecified atom stereocenters. The molecule has 0 N–H and O–H groups in total. The summed E-state index contributed by atoms with van der Waals surface area (Å²) in [5.74, 6) is 0.276. The van der Waals surface area contributed by atoms with E-state index in [2.05, 4.69) is 10.2 Å². The maximum atomic E-state index is 11.6. The predicted octanol–water partition coefficient (Wildman–Crippen LogP) is 1.02. The molecule has 0 atom stereocenters. The van der Waals surface area contributed by atoms with Gasteiger partial charge in [-0.15, -0.1) is 10.2 Å². The second kappa shape index (κ2) is 8.02. The number of nitrogens with zero attached hydrogens (tertiary/aromatic N) is 2. The Hall–Kier alpha value is -2.18. The van der Waals surface area contributed by atoms with E-state index in [0.29, 0.717) is 31.5 Å². The summed E-state index contributed by atoms with van der Waals surface area (Å²) in [6.45, 7) is 5.31. The van der Waals surface area contributed by atoms with Crippen LogP contribution in [0.2, 0.25) is 0 Å². The summed E-state index contributed by atoms with van der Waals surface area (Å²) in [5, 5.41) is 7.51. The fraction of sp³-hybridized carbons (Fsp3) is 0.500. The van der Waals surface area contributed by atoms with Gasteiger partial charge in [-0.25, -0.2) is 4.79 Å². The van der Waals surface area contributed by atoms with Gasteiger partial charge in [0.15, 0.2) is 11.4 Å². The number of fused-ring (bicyclic) bond motifs is 1. The summed E-state index contributed by atoms with van der Waals surface area (Å²) in [6, 6.07) is 1.50. The minimum absolute atomic E-state index is 0.144. The molecule has 104 valence electrons. The SMILES string of the molecule is C=O.CCCCOC(=O)c1cc2c(nn1)OCCO2. The van der Waals surface area contributed by atoms with Crippen LogP contribution in [0.1, 0.15) is 30.3 Å². The molecule has 2 heterocycles. The highest BCUT2D eigenvalue weighted by atomic mass is 16.6. The molecule has 0 spiro atoms. The van der Waals surface area contributed by atoms with Crippen molar-refractivity contribution in [3.05, 3.63) is 11.8 Å². The quantitative estimate of drug-likeness (QED) is 0.595. The van der Waals surface area contributed by atoms with Gasteiger partial charge >= 0.3 is 5.97 Å². The van der Waals surface area contributed by atoms with Gasteiger partial charge in [-0.1, -0.05) is 13.3 Å². The van der Waals surface area contributed by atoms with Crippen LogP contribution in [0.4, 0.5) is 0 Å². The Labute approximate surface area is 110 Å². The fourth-order valence-corrected chi connectivity index (χ4v) is 1.34. The molecule has 7 nitrogen and oxygen atoms in total. The number of aromatic nitrogens is 2. The van der Waals surface area contributed by atoms with Gasteiger partial charge in [0, 0.05) is 6.07 Å². The highest BCUT2D eigenvalue weighted by Crippen LogP contribution is 2.26. The van der Waals surface area contributed by atoms with Crippen LogP contribution < -0.4 is 9.47 Å². The minimum Gasteiger partial charge on any atom is -0.484 e. The van der Waals surface area contributed by atoms with Crippen LogP contribution in [0.25, 0.3) is 0 Å². The first-order chi connectivity index (χ1) is 9.31. The van der Waals surface area contributed by atoms with Gasteiger partial charge in [0.25, 0.3) is 5.88 Å². The van der Waals surface area contributed by atoms with E-state index in [9.17, 15) is 4.79 Å². The first-order valence-corrected chi connectivity index (χ1v) is 5.90. The molecule has 2 rings (SSSR count). The Bertz CT molecular complexity index is 425. The zero-order valence-corrected chi connectivity index (χ0v) is 10.8. The molecular formula is C12H16N2O5. The van der Waals surface area contributed by atoms with Crippen LogP contribution in [0.5, 0.6) is 11.6 Å². The number of ether oxygens (including phenoxy) is 3. The number of unbranched alkanes of at least 4 members (excludes halogenated alkanes) is 1. The van der Waals surface area contributed by atoms with E-state index in [1.807, 2.05) is 13.7 Å². The van der Waals surface area contributed by atoms with Crippen LogP contribution in [-0.2, 0) is 9.53 Å². The molecule has 0 saturated carbocycles. The zero-order valence-electron chi connectivity index (χ0n) is 10.8. The molecule has 1 aliphatic rings. The van der Waals surface area contributed by atoms with E-state index < -0.39 is 5.97 Å². The van der Waals surface area contributed by atoms with E-state index >= 15 is 0 Å². The standard InChI is InChI=1S/C11H14N2O4.CH2O/c1-2-3-4-17-11(14)8-7-9-10(13-12-8)16-6-5-15-9;1-2/h7H,2-6H2,1H3;1H2. The monoisotopic (exact) mass is 268 g/mol. The fourth-order valence-electron chi connectivity index (χ4n) is 1.34. The lowest BCUT2D eigenvalue weighted by Crippen LogP contribution is -2.18. The van der Waals surface area contributed by atoms with Crippen LogP contribution in [0, 0.1) is 0 Å². The largest absolute Gasteiger partial charge is 0.484 e. The first-order valence-electron chi connectivity index (χ1n) is 5.90. The molecule has 0 aromatic carbocycles. The normalized spacial score (nSPS) is 12.1. The van der Waals surface area contributed by atoms with Crippen LogP contribution in [0.3, 0.4) is 0 Å².